The average Bonchev–Trinajstić information content (AvgIpc) is 2.91. The van der Waals surface area contributed by atoms with Crippen LogP contribution in [0.2, 0.25) is 0 Å². The molecule has 0 unspecified atom stereocenters. The first-order valence-electron chi connectivity index (χ1n) is 13.4. The highest BCUT2D eigenvalue weighted by atomic mass is 16.5. The van der Waals surface area contributed by atoms with Crippen molar-refractivity contribution in [2.75, 3.05) is 6.61 Å². The van der Waals surface area contributed by atoms with Crippen molar-refractivity contribution < 1.29 is 14.3 Å². The Hall–Kier alpha value is -3.60. The predicted molar refractivity (Wildman–Crippen MR) is 147 cm³/mol. The second-order valence-corrected chi connectivity index (χ2v) is 10.1. The molecule has 194 valence electrons. The molecule has 1 aliphatic carbocycles. The topological polar surface area (TPSA) is 58.6 Å². The van der Waals surface area contributed by atoms with E-state index >= 15 is 0 Å². The minimum atomic E-state index is -0.641. The molecule has 0 aromatic heterocycles. The van der Waals surface area contributed by atoms with Crippen LogP contribution >= 0.6 is 0 Å². The molecule has 0 aliphatic heterocycles. The number of hydrogen-bond donors (Lipinski definition) is 1. The largest absolute Gasteiger partial charge is 0.484 e. The highest BCUT2D eigenvalue weighted by molar-refractivity contribution is 5.88. The first-order valence-corrected chi connectivity index (χ1v) is 13.4. The van der Waals surface area contributed by atoms with Crippen LogP contribution in [0.4, 0.5) is 0 Å². The lowest BCUT2D eigenvalue weighted by atomic mass is 9.94. The normalized spacial score (nSPS) is 14.5. The highest BCUT2D eigenvalue weighted by Crippen LogP contribution is 2.21. The predicted octanol–water partition coefficient (Wildman–Crippen LogP) is 5.77. The van der Waals surface area contributed by atoms with Crippen LogP contribution in [0.15, 0.2) is 78.9 Å². The molecule has 1 N–H and O–H groups in total. The number of nitrogens with one attached hydrogen (secondary N) is 1. The third-order valence-corrected chi connectivity index (χ3v) is 7.18. The third-order valence-electron chi connectivity index (χ3n) is 7.18. The summed E-state index contributed by atoms with van der Waals surface area (Å²) in [4.78, 5) is 29.3. The molecule has 1 saturated carbocycles. The van der Waals surface area contributed by atoms with E-state index in [1.54, 1.807) is 4.90 Å². The van der Waals surface area contributed by atoms with Crippen molar-refractivity contribution in [1.82, 2.24) is 10.2 Å². The number of rotatable bonds is 10. The zero-order valence-electron chi connectivity index (χ0n) is 22.0. The number of amides is 2. The molecule has 3 aromatic carbocycles. The molecule has 0 radical (unpaired) electrons. The van der Waals surface area contributed by atoms with Crippen LogP contribution in [-0.2, 0) is 22.6 Å². The molecule has 5 nitrogen and oxygen atoms in total. The molecule has 0 heterocycles. The van der Waals surface area contributed by atoms with Gasteiger partial charge in [0.1, 0.15) is 11.8 Å². The summed E-state index contributed by atoms with van der Waals surface area (Å²) in [5.41, 5.74) is 4.20. The molecule has 1 aliphatic rings. The van der Waals surface area contributed by atoms with E-state index in [1.807, 2.05) is 92.7 Å². The van der Waals surface area contributed by atoms with Gasteiger partial charge in [0.2, 0.25) is 5.91 Å². The summed E-state index contributed by atoms with van der Waals surface area (Å²) in [6.07, 6.45) is 5.91. The van der Waals surface area contributed by atoms with E-state index in [0.29, 0.717) is 18.7 Å². The monoisotopic (exact) mass is 498 g/mol. The Morgan fingerprint density at radius 2 is 1.65 bits per heavy atom. The zero-order valence-corrected chi connectivity index (χ0v) is 22.0. The fourth-order valence-electron chi connectivity index (χ4n) is 5.00. The maximum absolute atomic E-state index is 13.8. The molecular formula is C32H38N2O3. The van der Waals surface area contributed by atoms with Crippen molar-refractivity contribution in [1.29, 1.82) is 0 Å². The number of benzene rings is 3. The van der Waals surface area contributed by atoms with E-state index in [4.69, 9.17) is 4.74 Å². The SMILES string of the molecule is Cc1cccc(OCC(=O)N(Cc2ccccc2C)[C@H](Cc2ccccc2)C(=O)NC2CCCCC2)c1. The smallest absolute Gasteiger partial charge is 0.261 e. The van der Waals surface area contributed by atoms with Crippen LogP contribution in [0.5, 0.6) is 5.75 Å². The molecule has 37 heavy (non-hydrogen) atoms. The Bertz CT molecular complexity index is 1170. The maximum Gasteiger partial charge on any atom is 0.261 e. The first-order chi connectivity index (χ1) is 18.0. The van der Waals surface area contributed by atoms with Crippen LogP contribution in [0.3, 0.4) is 0 Å². The fourth-order valence-corrected chi connectivity index (χ4v) is 5.00. The van der Waals surface area contributed by atoms with Gasteiger partial charge in [-0.1, -0.05) is 86.0 Å². The van der Waals surface area contributed by atoms with Crippen LogP contribution in [0.1, 0.15) is 54.4 Å². The van der Waals surface area contributed by atoms with Gasteiger partial charge in [-0.2, -0.15) is 0 Å². The van der Waals surface area contributed by atoms with Crippen molar-refractivity contribution in [3.63, 3.8) is 0 Å². The molecule has 0 spiro atoms. The summed E-state index contributed by atoms with van der Waals surface area (Å²) in [7, 11) is 0. The number of aryl methyl sites for hydroxylation is 2. The van der Waals surface area contributed by atoms with E-state index in [0.717, 1.165) is 47.9 Å². The van der Waals surface area contributed by atoms with E-state index in [-0.39, 0.29) is 24.5 Å². The molecule has 0 saturated heterocycles. The van der Waals surface area contributed by atoms with Gasteiger partial charge in [0.15, 0.2) is 6.61 Å². The van der Waals surface area contributed by atoms with Crippen LogP contribution < -0.4 is 10.1 Å². The fraction of sp³-hybridized carbons (Fsp3) is 0.375. The molecule has 4 rings (SSSR count). The van der Waals surface area contributed by atoms with Crippen LogP contribution in [0.25, 0.3) is 0 Å². The highest BCUT2D eigenvalue weighted by Gasteiger charge is 2.32. The Kier molecular flexibility index (Phi) is 9.36. The number of carbonyl (C=O) groups is 2. The summed E-state index contributed by atoms with van der Waals surface area (Å²) < 4.78 is 5.90. The zero-order chi connectivity index (χ0) is 26.0. The van der Waals surface area contributed by atoms with Gasteiger partial charge >= 0.3 is 0 Å². The van der Waals surface area contributed by atoms with E-state index in [2.05, 4.69) is 5.32 Å². The summed E-state index contributed by atoms with van der Waals surface area (Å²) in [6.45, 7) is 4.25. The first kappa shape index (κ1) is 26.5. The second kappa shape index (κ2) is 13.1. The molecule has 1 fully saturated rings. The van der Waals surface area contributed by atoms with Crippen molar-refractivity contribution in [2.24, 2.45) is 0 Å². The van der Waals surface area contributed by atoms with Gasteiger partial charge in [0.05, 0.1) is 0 Å². The third kappa shape index (κ3) is 7.69. The lowest BCUT2D eigenvalue weighted by Crippen LogP contribution is -2.53. The maximum atomic E-state index is 13.8. The van der Waals surface area contributed by atoms with Crippen molar-refractivity contribution in [3.8, 4) is 5.75 Å². The summed E-state index contributed by atoms with van der Waals surface area (Å²) in [6, 6.07) is 25.2. The van der Waals surface area contributed by atoms with E-state index in [9.17, 15) is 9.59 Å². The Labute approximate surface area is 220 Å². The Balaban J connectivity index is 1.62. The van der Waals surface area contributed by atoms with Crippen LogP contribution in [-0.4, -0.2) is 35.4 Å². The van der Waals surface area contributed by atoms with Gasteiger partial charge in [-0.25, -0.2) is 0 Å². The average molecular weight is 499 g/mol. The van der Waals surface area contributed by atoms with Crippen molar-refractivity contribution in [3.05, 3.63) is 101 Å². The van der Waals surface area contributed by atoms with E-state index < -0.39 is 6.04 Å². The molecule has 0 bridgehead atoms. The van der Waals surface area contributed by atoms with Gasteiger partial charge < -0.3 is 15.0 Å². The van der Waals surface area contributed by atoms with Gasteiger partial charge in [-0.05, 0) is 61.1 Å². The summed E-state index contributed by atoms with van der Waals surface area (Å²) in [5, 5.41) is 3.28. The number of carbonyl (C=O) groups excluding carboxylic acids is 2. The molecule has 3 aromatic rings. The van der Waals surface area contributed by atoms with Gasteiger partial charge in [0.25, 0.3) is 5.91 Å². The standard InChI is InChI=1S/C32H38N2O3/c1-24-12-11-19-29(20-24)37-23-31(35)34(22-27-16-10-9-13-25(27)2)30(21-26-14-5-3-6-15-26)32(36)33-28-17-7-4-8-18-28/h3,5-6,9-16,19-20,28,30H,4,7-8,17-18,21-23H2,1-2H3,(H,33,36)/t30-/m1/s1. The van der Waals surface area contributed by atoms with Crippen molar-refractivity contribution >= 4 is 11.8 Å². The van der Waals surface area contributed by atoms with Gasteiger partial charge in [-0.3, -0.25) is 9.59 Å². The Morgan fingerprint density at radius 3 is 2.38 bits per heavy atom. The Morgan fingerprint density at radius 1 is 0.919 bits per heavy atom. The van der Waals surface area contributed by atoms with Gasteiger partial charge in [-0.15, -0.1) is 0 Å². The number of hydrogen-bond acceptors (Lipinski definition) is 3. The lowest BCUT2D eigenvalue weighted by Gasteiger charge is -2.33. The lowest BCUT2D eigenvalue weighted by molar-refractivity contribution is -0.143. The minimum absolute atomic E-state index is 0.0896. The summed E-state index contributed by atoms with van der Waals surface area (Å²) in [5.74, 6) is 0.355. The quantitative estimate of drug-likeness (QED) is 0.386. The summed E-state index contributed by atoms with van der Waals surface area (Å²) >= 11 is 0. The van der Waals surface area contributed by atoms with Crippen molar-refractivity contribution in [2.45, 2.75) is 71.0 Å². The molecule has 1 atom stereocenters. The minimum Gasteiger partial charge on any atom is -0.484 e. The number of nitrogens with zero attached hydrogens (tertiary/aromatic N) is 1. The second-order valence-electron chi connectivity index (χ2n) is 10.1. The molecule has 5 heteroatoms. The van der Waals surface area contributed by atoms with Crippen LogP contribution in [0, 0.1) is 13.8 Å². The van der Waals surface area contributed by atoms with Gasteiger partial charge in [0, 0.05) is 19.0 Å². The van der Waals surface area contributed by atoms with E-state index in [1.165, 1.54) is 6.42 Å². The number of ether oxygens (including phenoxy) is 1. The molecule has 2 amide bonds. The molecular weight excluding hydrogens is 460 g/mol.